The van der Waals surface area contributed by atoms with E-state index in [-0.39, 0.29) is 0 Å². The maximum absolute atomic E-state index is 11.4. The number of hydrogen-bond donors (Lipinski definition) is 0. The average Bonchev–Trinajstić information content (AvgIpc) is 2.15. The maximum Gasteiger partial charge on any atom is 0.227 e. The number of amides is 1. The summed E-state index contributed by atoms with van der Waals surface area (Å²) < 4.78 is 0. The highest BCUT2D eigenvalue weighted by atomic mass is 16.2. The Morgan fingerprint density at radius 3 is 2.42 bits per heavy atom. The van der Waals surface area contributed by atoms with Crippen molar-refractivity contribution in [2.75, 3.05) is 6.54 Å². The molecule has 1 amide bonds. The van der Waals surface area contributed by atoms with Crippen LogP contribution in [0.4, 0.5) is 0 Å². The van der Waals surface area contributed by atoms with Crippen molar-refractivity contribution in [3.05, 3.63) is 0 Å². The summed E-state index contributed by atoms with van der Waals surface area (Å²) in [6.45, 7) is 3.05. The fraction of sp³-hybridized carbons (Fsp3) is 0.900. The van der Waals surface area contributed by atoms with E-state index < -0.39 is 0 Å². The Hall–Kier alpha value is -0.530. The molecule has 1 unspecified atom stereocenters. The van der Waals surface area contributed by atoms with Gasteiger partial charge in [0.2, 0.25) is 5.91 Å². The summed E-state index contributed by atoms with van der Waals surface area (Å²) in [4.78, 5) is 13.5. The molecule has 0 bridgehead atoms. The van der Waals surface area contributed by atoms with Gasteiger partial charge in [0, 0.05) is 12.6 Å². The average molecular weight is 167 g/mol. The number of hydrogen-bond acceptors (Lipinski definition) is 1. The minimum atomic E-state index is 0.312. The summed E-state index contributed by atoms with van der Waals surface area (Å²) in [6.07, 6.45) is 6.51. The molecule has 2 nitrogen and oxygen atoms in total. The van der Waals surface area contributed by atoms with E-state index in [4.69, 9.17) is 0 Å². The summed E-state index contributed by atoms with van der Waals surface area (Å²) in [7, 11) is 0. The Morgan fingerprint density at radius 1 is 1.25 bits per heavy atom. The topological polar surface area (TPSA) is 20.3 Å². The monoisotopic (exact) mass is 167 g/mol. The van der Waals surface area contributed by atoms with Crippen LogP contribution >= 0.6 is 0 Å². The molecule has 1 atom stereocenters. The Labute approximate surface area is 73.9 Å². The first-order valence-corrected chi connectivity index (χ1v) is 5.09. The van der Waals surface area contributed by atoms with E-state index in [1.54, 1.807) is 0 Å². The number of carbonyl (C=O) groups is 1. The second-order valence-electron chi connectivity index (χ2n) is 4.18. The van der Waals surface area contributed by atoms with Crippen molar-refractivity contribution in [1.82, 2.24) is 4.90 Å². The zero-order valence-corrected chi connectivity index (χ0v) is 7.75. The van der Waals surface area contributed by atoms with Crippen molar-refractivity contribution >= 4 is 5.91 Å². The zero-order valence-electron chi connectivity index (χ0n) is 7.75. The molecular weight excluding hydrogens is 150 g/mol. The predicted octanol–water partition coefficient (Wildman–Crippen LogP) is 1.80. The van der Waals surface area contributed by atoms with E-state index in [1.807, 2.05) is 6.92 Å². The molecule has 0 aromatic carbocycles. The van der Waals surface area contributed by atoms with E-state index in [0.717, 1.165) is 6.54 Å². The normalized spacial score (nSPS) is 31.9. The van der Waals surface area contributed by atoms with Gasteiger partial charge in [0.25, 0.3) is 0 Å². The number of rotatable bonds is 1. The van der Waals surface area contributed by atoms with Crippen molar-refractivity contribution in [2.24, 2.45) is 5.92 Å². The van der Waals surface area contributed by atoms with Gasteiger partial charge in [-0.3, -0.25) is 4.79 Å². The molecule has 0 spiro atoms. The van der Waals surface area contributed by atoms with Crippen LogP contribution in [-0.2, 0) is 4.79 Å². The van der Waals surface area contributed by atoms with E-state index in [2.05, 4.69) is 4.90 Å². The third kappa shape index (κ3) is 1.23. The van der Waals surface area contributed by atoms with Crippen LogP contribution in [0.1, 0.15) is 39.0 Å². The van der Waals surface area contributed by atoms with Crippen LogP contribution in [0.15, 0.2) is 0 Å². The highest BCUT2D eigenvalue weighted by Gasteiger charge is 2.37. The number of nitrogens with zero attached hydrogens (tertiary/aromatic N) is 1. The molecule has 1 aliphatic heterocycles. The highest BCUT2D eigenvalue weighted by Crippen LogP contribution is 2.28. The molecule has 0 N–H and O–H groups in total. The van der Waals surface area contributed by atoms with Gasteiger partial charge in [-0.15, -0.1) is 0 Å². The van der Waals surface area contributed by atoms with Gasteiger partial charge < -0.3 is 4.90 Å². The zero-order chi connectivity index (χ0) is 8.55. The maximum atomic E-state index is 11.4. The molecule has 1 heterocycles. The molecular formula is C10H17NO. The van der Waals surface area contributed by atoms with Crippen LogP contribution in [0.3, 0.4) is 0 Å². The SMILES string of the molecule is CC1CN(C2CCCCC2)C1=O. The standard InChI is InChI=1S/C10H17NO/c1-8-7-11(10(8)12)9-5-3-2-4-6-9/h8-9H,2-7H2,1H3. The molecule has 0 radical (unpaired) electrons. The molecule has 2 fully saturated rings. The van der Waals surface area contributed by atoms with E-state index in [9.17, 15) is 4.79 Å². The number of likely N-dealkylation sites (tertiary alicyclic amines) is 1. The summed E-state index contributed by atoms with van der Waals surface area (Å²) in [5.74, 6) is 0.703. The van der Waals surface area contributed by atoms with Gasteiger partial charge in [-0.25, -0.2) is 0 Å². The van der Waals surface area contributed by atoms with Crippen LogP contribution in [0, 0.1) is 5.92 Å². The van der Waals surface area contributed by atoms with Gasteiger partial charge in [-0.05, 0) is 12.8 Å². The molecule has 0 aromatic heterocycles. The van der Waals surface area contributed by atoms with E-state index in [1.165, 1.54) is 32.1 Å². The van der Waals surface area contributed by atoms with Crippen molar-refractivity contribution < 1.29 is 4.79 Å². The first-order valence-electron chi connectivity index (χ1n) is 5.09. The smallest absolute Gasteiger partial charge is 0.227 e. The Kier molecular flexibility index (Phi) is 2.07. The molecule has 12 heavy (non-hydrogen) atoms. The van der Waals surface area contributed by atoms with E-state index in [0.29, 0.717) is 17.9 Å². The van der Waals surface area contributed by atoms with Gasteiger partial charge in [-0.1, -0.05) is 26.2 Å². The molecule has 2 rings (SSSR count). The van der Waals surface area contributed by atoms with Crippen LogP contribution in [-0.4, -0.2) is 23.4 Å². The van der Waals surface area contributed by atoms with Crippen LogP contribution in [0.25, 0.3) is 0 Å². The highest BCUT2D eigenvalue weighted by molar-refractivity contribution is 5.84. The molecule has 1 saturated carbocycles. The summed E-state index contributed by atoms with van der Waals surface area (Å²) >= 11 is 0. The van der Waals surface area contributed by atoms with Gasteiger partial charge in [0.1, 0.15) is 0 Å². The molecule has 1 saturated heterocycles. The molecule has 68 valence electrons. The van der Waals surface area contributed by atoms with Crippen molar-refractivity contribution in [2.45, 2.75) is 45.1 Å². The van der Waals surface area contributed by atoms with E-state index >= 15 is 0 Å². The first-order chi connectivity index (χ1) is 5.79. The molecule has 2 heteroatoms. The van der Waals surface area contributed by atoms with Crippen LogP contribution in [0.2, 0.25) is 0 Å². The van der Waals surface area contributed by atoms with Gasteiger partial charge in [0.05, 0.1) is 5.92 Å². The minimum Gasteiger partial charge on any atom is -0.339 e. The van der Waals surface area contributed by atoms with Crippen molar-refractivity contribution in [1.29, 1.82) is 0 Å². The van der Waals surface area contributed by atoms with Gasteiger partial charge >= 0.3 is 0 Å². The first kappa shape index (κ1) is 8.09. The number of β-lactam (4-membered cyclic amide) rings is 1. The Bertz CT molecular complexity index is 184. The van der Waals surface area contributed by atoms with Gasteiger partial charge in [0.15, 0.2) is 0 Å². The lowest BCUT2D eigenvalue weighted by Gasteiger charge is -2.44. The quantitative estimate of drug-likeness (QED) is 0.545. The largest absolute Gasteiger partial charge is 0.339 e. The fourth-order valence-electron chi connectivity index (χ4n) is 2.36. The third-order valence-electron chi connectivity index (χ3n) is 3.19. The molecule has 0 aromatic rings. The lowest BCUT2D eigenvalue weighted by atomic mass is 9.89. The summed E-state index contributed by atoms with van der Waals surface area (Å²) in [5.41, 5.74) is 0. The summed E-state index contributed by atoms with van der Waals surface area (Å²) in [5, 5.41) is 0. The molecule has 1 aliphatic carbocycles. The van der Waals surface area contributed by atoms with Crippen molar-refractivity contribution in [3.8, 4) is 0 Å². The minimum absolute atomic E-state index is 0.312. The second-order valence-corrected chi connectivity index (χ2v) is 4.18. The van der Waals surface area contributed by atoms with Crippen molar-refractivity contribution in [3.63, 3.8) is 0 Å². The summed E-state index contributed by atoms with van der Waals surface area (Å²) in [6, 6.07) is 0.599. The Balaban J connectivity index is 1.88. The lowest BCUT2D eigenvalue weighted by Crippen LogP contribution is -2.56. The van der Waals surface area contributed by atoms with Gasteiger partial charge in [-0.2, -0.15) is 0 Å². The van der Waals surface area contributed by atoms with Crippen LogP contribution < -0.4 is 0 Å². The third-order valence-corrected chi connectivity index (χ3v) is 3.19. The molecule has 2 aliphatic rings. The number of carbonyl (C=O) groups excluding carboxylic acids is 1. The fourth-order valence-corrected chi connectivity index (χ4v) is 2.36. The Morgan fingerprint density at radius 2 is 1.92 bits per heavy atom. The lowest BCUT2D eigenvalue weighted by molar-refractivity contribution is -0.151. The predicted molar refractivity (Wildman–Crippen MR) is 47.8 cm³/mol. The second kappa shape index (κ2) is 3.08. The van der Waals surface area contributed by atoms with Crippen LogP contribution in [0.5, 0.6) is 0 Å².